The summed E-state index contributed by atoms with van der Waals surface area (Å²) < 4.78 is 59.2. The van der Waals surface area contributed by atoms with Gasteiger partial charge in [0.2, 0.25) is 0 Å². The Bertz CT molecular complexity index is 114. The molecule has 1 nitrogen and oxygen atoms in total. The van der Waals surface area contributed by atoms with Crippen molar-refractivity contribution in [3.05, 3.63) is 0 Å². The van der Waals surface area contributed by atoms with E-state index in [1.807, 2.05) is 0 Å². The zero-order valence-corrected chi connectivity index (χ0v) is 6.71. The molecular formula is C5H9ClF5N. The van der Waals surface area contributed by atoms with Gasteiger partial charge in [0, 0.05) is 0 Å². The van der Waals surface area contributed by atoms with Crippen LogP contribution >= 0.6 is 12.4 Å². The predicted molar refractivity (Wildman–Crippen MR) is 37.0 cm³/mol. The Kier molecular flexibility index (Phi) is 7.72. The molecule has 4 atom stereocenters. The van der Waals surface area contributed by atoms with Crippen molar-refractivity contribution in [3.63, 3.8) is 0 Å². The lowest BCUT2D eigenvalue weighted by molar-refractivity contribution is 0.0262. The van der Waals surface area contributed by atoms with Gasteiger partial charge >= 0.3 is 0 Å². The zero-order chi connectivity index (χ0) is 9.02. The van der Waals surface area contributed by atoms with Crippen molar-refractivity contribution < 1.29 is 22.0 Å². The molecule has 0 aromatic heterocycles. The van der Waals surface area contributed by atoms with Gasteiger partial charge < -0.3 is 0 Å². The Labute approximate surface area is 72.5 Å². The maximum absolute atomic E-state index is 12.1. The molecule has 0 aliphatic carbocycles. The minimum atomic E-state index is -2.83. The minimum Gasteiger partial charge on any atom is -0.299 e. The largest absolute Gasteiger partial charge is 0.299 e. The number of hydrogen-bond donors (Lipinski definition) is 1. The smallest absolute Gasteiger partial charge is 0.183 e. The third kappa shape index (κ3) is 4.06. The van der Waals surface area contributed by atoms with Crippen molar-refractivity contribution in [1.82, 2.24) is 0 Å². The van der Waals surface area contributed by atoms with Crippen LogP contribution in [0.5, 0.6) is 0 Å². The lowest BCUT2D eigenvalue weighted by atomic mass is 10.1. The van der Waals surface area contributed by atoms with E-state index in [0.717, 1.165) is 0 Å². The third-order valence-corrected chi connectivity index (χ3v) is 1.10. The van der Waals surface area contributed by atoms with Crippen LogP contribution in [0.1, 0.15) is 0 Å². The van der Waals surface area contributed by atoms with E-state index in [1.54, 1.807) is 0 Å². The number of nitrogens with two attached hydrogens (primary N) is 1. The number of halogens is 6. The van der Waals surface area contributed by atoms with Crippen molar-refractivity contribution in [2.45, 2.75) is 24.8 Å². The van der Waals surface area contributed by atoms with Gasteiger partial charge in [0.05, 0.1) is 0 Å². The maximum Gasteiger partial charge on any atom is 0.183 e. The molecule has 0 amide bonds. The summed E-state index contributed by atoms with van der Waals surface area (Å²) in [4.78, 5) is 0. The van der Waals surface area contributed by atoms with Gasteiger partial charge in [-0.15, -0.1) is 12.4 Å². The fourth-order valence-electron chi connectivity index (χ4n) is 0.460. The molecule has 0 saturated heterocycles. The van der Waals surface area contributed by atoms with Crippen LogP contribution in [-0.2, 0) is 0 Å². The third-order valence-electron chi connectivity index (χ3n) is 1.10. The molecule has 0 aliphatic rings. The van der Waals surface area contributed by atoms with Crippen LogP contribution in [0.3, 0.4) is 0 Å². The fourth-order valence-corrected chi connectivity index (χ4v) is 0.460. The second kappa shape index (κ2) is 6.42. The van der Waals surface area contributed by atoms with Gasteiger partial charge in [0.25, 0.3) is 0 Å². The Morgan fingerprint density at radius 1 is 1.00 bits per heavy atom. The second-order valence-electron chi connectivity index (χ2n) is 2.00. The lowest BCUT2D eigenvalue weighted by Crippen LogP contribution is -2.40. The van der Waals surface area contributed by atoms with E-state index >= 15 is 0 Å². The minimum absolute atomic E-state index is 0. The summed E-state index contributed by atoms with van der Waals surface area (Å²) in [5.41, 5.74) is 4.26. The van der Waals surface area contributed by atoms with Gasteiger partial charge in [-0.3, -0.25) is 5.73 Å². The molecule has 0 saturated carbocycles. The molecule has 0 aromatic rings. The number of hydrogen-bond acceptors (Lipinski definition) is 1. The first kappa shape index (κ1) is 14.4. The van der Waals surface area contributed by atoms with E-state index in [9.17, 15) is 22.0 Å². The summed E-state index contributed by atoms with van der Waals surface area (Å²) >= 11 is 0. The predicted octanol–water partition coefficient (Wildman–Crippen LogP) is 1.65. The van der Waals surface area contributed by atoms with Gasteiger partial charge in [-0.05, 0) is 0 Å². The summed E-state index contributed by atoms with van der Waals surface area (Å²) in [6.07, 6.45) is -10.9. The highest BCUT2D eigenvalue weighted by molar-refractivity contribution is 5.85. The number of rotatable bonds is 4. The van der Waals surface area contributed by atoms with E-state index in [1.165, 1.54) is 0 Å². The molecule has 12 heavy (non-hydrogen) atoms. The maximum atomic E-state index is 12.1. The monoisotopic (exact) mass is 213 g/mol. The summed E-state index contributed by atoms with van der Waals surface area (Å²) in [7, 11) is 0. The topological polar surface area (TPSA) is 26.0 Å². The van der Waals surface area contributed by atoms with Crippen LogP contribution < -0.4 is 5.73 Å². The van der Waals surface area contributed by atoms with Crippen molar-refractivity contribution in [1.29, 1.82) is 0 Å². The highest BCUT2D eigenvalue weighted by Crippen LogP contribution is 2.15. The van der Waals surface area contributed by atoms with Crippen molar-refractivity contribution >= 4 is 12.4 Å². The van der Waals surface area contributed by atoms with Crippen LogP contribution in [0.2, 0.25) is 0 Å². The first-order chi connectivity index (χ1) is 5.00. The molecule has 0 fully saturated rings. The fraction of sp³-hybridized carbons (Fsp3) is 1.00. The van der Waals surface area contributed by atoms with Crippen LogP contribution in [0.25, 0.3) is 0 Å². The Balaban J connectivity index is 0. The van der Waals surface area contributed by atoms with Gasteiger partial charge in [0.1, 0.15) is 6.67 Å². The highest BCUT2D eigenvalue weighted by atomic mass is 35.5. The van der Waals surface area contributed by atoms with E-state index in [-0.39, 0.29) is 12.4 Å². The Morgan fingerprint density at radius 2 is 1.42 bits per heavy atom. The standard InChI is InChI=1S/C5H8F5N.ClH/c6-1-2(7)3(8)4(9)5(10)11;/h2-5H,1,11H2;1H. The molecule has 0 radical (unpaired) electrons. The average Bonchev–Trinajstić information content (AvgIpc) is 2.00. The van der Waals surface area contributed by atoms with Crippen molar-refractivity contribution in [2.75, 3.05) is 6.67 Å². The molecule has 76 valence electrons. The number of alkyl halides is 5. The molecule has 0 aliphatic heterocycles. The van der Waals surface area contributed by atoms with Gasteiger partial charge in [-0.1, -0.05) is 0 Å². The first-order valence-electron chi connectivity index (χ1n) is 2.88. The summed E-state index contributed by atoms with van der Waals surface area (Å²) in [5.74, 6) is 0. The summed E-state index contributed by atoms with van der Waals surface area (Å²) in [6.45, 7) is -1.69. The van der Waals surface area contributed by atoms with Crippen LogP contribution in [0.4, 0.5) is 22.0 Å². The van der Waals surface area contributed by atoms with Crippen LogP contribution in [-0.4, -0.2) is 31.5 Å². The Hall–Kier alpha value is -0.100. The molecule has 0 spiro atoms. The van der Waals surface area contributed by atoms with Crippen LogP contribution in [0, 0.1) is 0 Å². The van der Waals surface area contributed by atoms with Gasteiger partial charge in [-0.2, -0.15) is 0 Å². The van der Waals surface area contributed by atoms with Crippen LogP contribution in [0.15, 0.2) is 0 Å². The first-order valence-corrected chi connectivity index (χ1v) is 2.88. The van der Waals surface area contributed by atoms with Crippen molar-refractivity contribution in [3.8, 4) is 0 Å². The molecule has 0 heterocycles. The lowest BCUT2D eigenvalue weighted by Gasteiger charge is -2.15. The Morgan fingerprint density at radius 3 is 1.67 bits per heavy atom. The molecule has 0 bridgehead atoms. The van der Waals surface area contributed by atoms with Gasteiger partial charge in [-0.25, -0.2) is 22.0 Å². The molecule has 2 N–H and O–H groups in total. The van der Waals surface area contributed by atoms with Crippen molar-refractivity contribution in [2.24, 2.45) is 5.73 Å². The second-order valence-corrected chi connectivity index (χ2v) is 2.00. The molecule has 0 rings (SSSR count). The zero-order valence-electron chi connectivity index (χ0n) is 5.89. The van der Waals surface area contributed by atoms with Gasteiger partial charge in [0.15, 0.2) is 24.8 Å². The average molecular weight is 214 g/mol. The molecule has 4 unspecified atom stereocenters. The van der Waals surface area contributed by atoms with E-state index in [0.29, 0.717) is 0 Å². The van der Waals surface area contributed by atoms with E-state index in [4.69, 9.17) is 0 Å². The van der Waals surface area contributed by atoms with E-state index < -0.39 is 31.5 Å². The summed E-state index contributed by atoms with van der Waals surface area (Å²) in [6, 6.07) is 0. The molecule has 7 heteroatoms. The highest BCUT2D eigenvalue weighted by Gasteiger charge is 2.34. The SMILES string of the molecule is Cl.NC(F)C(F)C(F)C(F)CF. The normalized spacial score (nSPS) is 20.5. The molecular weight excluding hydrogens is 205 g/mol. The molecule has 0 aromatic carbocycles. The quantitative estimate of drug-likeness (QED) is 0.558. The van der Waals surface area contributed by atoms with E-state index in [2.05, 4.69) is 5.73 Å². The summed E-state index contributed by atoms with van der Waals surface area (Å²) in [5, 5.41) is 0.